The Balaban J connectivity index is 0.00000261. The second-order valence-electron chi connectivity index (χ2n) is 7.87. The van der Waals surface area contributed by atoms with E-state index in [0.717, 1.165) is 50.0 Å². The first-order valence-electron chi connectivity index (χ1n) is 9.46. The summed E-state index contributed by atoms with van der Waals surface area (Å²) in [5.74, 6) is 3.86. The van der Waals surface area contributed by atoms with Crippen LogP contribution in [0.2, 0.25) is 0 Å². The van der Waals surface area contributed by atoms with Crippen LogP contribution in [0.1, 0.15) is 38.3 Å². The molecule has 1 aromatic heterocycles. The SMILES string of the molecule is Cc1nc2n(n1)CC(NC(=NCC(C)C)NCC1CCS(=O)(=O)C1)CC2.I. The minimum atomic E-state index is -2.85. The molecule has 10 heteroatoms. The molecule has 3 heterocycles. The van der Waals surface area contributed by atoms with Gasteiger partial charge in [0.15, 0.2) is 15.8 Å². The molecule has 0 amide bonds. The number of fused-ring (bicyclic) bond motifs is 1. The Morgan fingerprint density at radius 2 is 2.15 bits per heavy atom. The lowest BCUT2D eigenvalue weighted by Gasteiger charge is -2.26. The van der Waals surface area contributed by atoms with Crippen LogP contribution in [-0.4, -0.2) is 59.8 Å². The van der Waals surface area contributed by atoms with Crippen molar-refractivity contribution in [1.29, 1.82) is 0 Å². The van der Waals surface area contributed by atoms with Gasteiger partial charge in [-0.25, -0.2) is 18.1 Å². The van der Waals surface area contributed by atoms with Crippen molar-refractivity contribution in [2.45, 2.75) is 52.6 Å². The Morgan fingerprint density at radius 1 is 1.37 bits per heavy atom. The van der Waals surface area contributed by atoms with E-state index in [2.05, 4.69) is 39.6 Å². The summed E-state index contributed by atoms with van der Waals surface area (Å²) < 4.78 is 25.3. The van der Waals surface area contributed by atoms with Gasteiger partial charge in [-0.1, -0.05) is 13.8 Å². The van der Waals surface area contributed by atoms with Crippen molar-refractivity contribution in [3.63, 3.8) is 0 Å². The molecule has 1 fully saturated rings. The highest BCUT2D eigenvalue weighted by Gasteiger charge is 2.28. The molecule has 3 rings (SSSR count). The summed E-state index contributed by atoms with van der Waals surface area (Å²) in [6.07, 6.45) is 2.62. The summed E-state index contributed by atoms with van der Waals surface area (Å²) in [6.45, 7) is 8.34. The first-order chi connectivity index (χ1) is 12.3. The lowest BCUT2D eigenvalue weighted by molar-refractivity contribution is 0.391. The van der Waals surface area contributed by atoms with Crippen LogP contribution in [0.5, 0.6) is 0 Å². The van der Waals surface area contributed by atoms with Crippen LogP contribution < -0.4 is 10.6 Å². The smallest absolute Gasteiger partial charge is 0.191 e. The maximum Gasteiger partial charge on any atom is 0.191 e. The van der Waals surface area contributed by atoms with Crippen molar-refractivity contribution < 1.29 is 8.42 Å². The second-order valence-corrected chi connectivity index (χ2v) is 10.1. The van der Waals surface area contributed by atoms with Crippen molar-refractivity contribution in [1.82, 2.24) is 25.4 Å². The lowest BCUT2D eigenvalue weighted by Crippen LogP contribution is -2.48. The summed E-state index contributed by atoms with van der Waals surface area (Å²) in [7, 11) is -2.85. The molecule has 0 bridgehead atoms. The number of aliphatic imine (C=N–C) groups is 1. The lowest BCUT2D eigenvalue weighted by atomic mass is 10.1. The number of aromatic nitrogens is 3. The van der Waals surface area contributed by atoms with Crippen molar-refractivity contribution >= 4 is 39.8 Å². The fourth-order valence-corrected chi connectivity index (χ4v) is 5.31. The van der Waals surface area contributed by atoms with Crippen LogP contribution in [0.25, 0.3) is 0 Å². The monoisotopic (exact) mass is 510 g/mol. The summed E-state index contributed by atoms with van der Waals surface area (Å²) in [4.78, 5) is 9.12. The van der Waals surface area contributed by atoms with Crippen LogP contribution in [0, 0.1) is 18.8 Å². The molecule has 1 saturated heterocycles. The Labute approximate surface area is 178 Å². The number of halogens is 1. The van der Waals surface area contributed by atoms with Gasteiger partial charge >= 0.3 is 0 Å². The van der Waals surface area contributed by atoms with E-state index in [4.69, 9.17) is 0 Å². The molecule has 2 aliphatic rings. The van der Waals surface area contributed by atoms with Crippen LogP contribution in [-0.2, 0) is 22.8 Å². The largest absolute Gasteiger partial charge is 0.356 e. The average Bonchev–Trinajstić information content (AvgIpc) is 3.10. The van der Waals surface area contributed by atoms with E-state index >= 15 is 0 Å². The number of guanidine groups is 1. The zero-order chi connectivity index (χ0) is 18.7. The summed E-state index contributed by atoms with van der Waals surface area (Å²) in [5.41, 5.74) is 0. The van der Waals surface area contributed by atoms with Crippen molar-refractivity contribution in [2.24, 2.45) is 16.8 Å². The standard InChI is InChI=1S/C17H30N6O2S.HI/c1-12(2)8-18-17(19-9-14-6-7-26(24,25)11-14)21-15-4-5-16-20-13(3)22-23(16)10-15;/h12,14-15H,4-11H2,1-3H3,(H2,18,19,21);1H. The average molecular weight is 510 g/mol. The molecule has 0 aromatic carbocycles. The highest BCUT2D eigenvalue weighted by molar-refractivity contribution is 14.0. The molecule has 0 radical (unpaired) electrons. The molecule has 2 N–H and O–H groups in total. The number of sulfone groups is 1. The maximum atomic E-state index is 11.6. The van der Waals surface area contributed by atoms with Gasteiger partial charge in [0.1, 0.15) is 11.6 Å². The van der Waals surface area contributed by atoms with Crippen LogP contribution in [0.15, 0.2) is 4.99 Å². The first-order valence-corrected chi connectivity index (χ1v) is 11.3. The van der Waals surface area contributed by atoms with Crippen molar-refractivity contribution in [3.8, 4) is 0 Å². The Bertz CT molecular complexity index is 761. The molecule has 0 spiro atoms. The van der Waals surface area contributed by atoms with E-state index < -0.39 is 9.84 Å². The van der Waals surface area contributed by atoms with Crippen LogP contribution in [0.3, 0.4) is 0 Å². The van der Waals surface area contributed by atoms with Crippen LogP contribution in [0.4, 0.5) is 0 Å². The number of aryl methyl sites for hydroxylation is 2. The van der Waals surface area contributed by atoms with Gasteiger partial charge in [0, 0.05) is 25.6 Å². The van der Waals surface area contributed by atoms with Crippen molar-refractivity contribution in [3.05, 3.63) is 11.6 Å². The van der Waals surface area contributed by atoms with Gasteiger partial charge in [0.05, 0.1) is 18.1 Å². The molecule has 8 nitrogen and oxygen atoms in total. The molecule has 2 atom stereocenters. The minimum absolute atomic E-state index is 0. The molecule has 27 heavy (non-hydrogen) atoms. The molecule has 1 aromatic rings. The zero-order valence-electron chi connectivity index (χ0n) is 16.3. The maximum absolute atomic E-state index is 11.6. The van der Waals surface area contributed by atoms with Gasteiger partial charge in [-0.3, -0.25) is 4.99 Å². The highest BCUT2D eigenvalue weighted by atomic mass is 127. The predicted molar refractivity (Wildman–Crippen MR) is 117 cm³/mol. The molecule has 0 saturated carbocycles. The third-order valence-electron chi connectivity index (χ3n) is 4.80. The number of nitrogens with one attached hydrogen (secondary N) is 2. The molecule has 154 valence electrons. The van der Waals surface area contributed by atoms with E-state index in [-0.39, 0.29) is 41.7 Å². The van der Waals surface area contributed by atoms with Gasteiger partial charge in [0.2, 0.25) is 0 Å². The second kappa shape index (κ2) is 9.53. The molecular formula is C17H31IN6O2S. The quantitative estimate of drug-likeness (QED) is 0.350. The van der Waals surface area contributed by atoms with Gasteiger partial charge in [-0.2, -0.15) is 5.10 Å². The van der Waals surface area contributed by atoms with Gasteiger partial charge in [-0.05, 0) is 31.6 Å². The van der Waals surface area contributed by atoms with E-state index in [9.17, 15) is 8.42 Å². The Hall–Kier alpha value is -0.910. The fourth-order valence-electron chi connectivity index (χ4n) is 3.45. The van der Waals surface area contributed by atoms with Crippen LogP contribution >= 0.6 is 24.0 Å². The number of rotatable bonds is 5. The minimum Gasteiger partial charge on any atom is -0.356 e. The van der Waals surface area contributed by atoms with E-state index in [1.54, 1.807) is 0 Å². The van der Waals surface area contributed by atoms with Gasteiger partial charge in [0.25, 0.3) is 0 Å². The topological polar surface area (TPSA) is 101 Å². The third kappa shape index (κ3) is 6.58. The molecule has 2 unspecified atom stereocenters. The number of hydrogen-bond acceptors (Lipinski definition) is 5. The predicted octanol–water partition coefficient (Wildman–Crippen LogP) is 1.15. The van der Waals surface area contributed by atoms with Crippen molar-refractivity contribution in [2.75, 3.05) is 24.6 Å². The zero-order valence-corrected chi connectivity index (χ0v) is 19.5. The first kappa shape index (κ1) is 22.4. The van der Waals surface area contributed by atoms with Gasteiger partial charge in [-0.15, -0.1) is 24.0 Å². The number of nitrogens with zero attached hydrogens (tertiary/aromatic N) is 4. The summed E-state index contributed by atoms with van der Waals surface area (Å²) in [6, 6.07) is 0.245. The molecule has 2 aliphatic heterocycles. The molecular weight excluding hydrogens is 479 g/mol. The van der Waals surface area contributed by atoms with Gasteiger partial charge < -0.3 is 10.6 Å². The Kier molecular flexibility index (Phi) is 7.90. The summed E-state index contributed by atoms with van der Waals surface area (Å²) in [5, 5.41) is 11.3. The highest BCUT2D eigenvalue weighted by Crippen LogP contribution is 2.17. The van der Waals surface area contributed by atoms with E-state index in [1.807, 2.05) is 11.6 Å². The third-order valence-corrected chi connectivity index (χ3v) is 6.64. The number of hydrogen-bond donors (Lipinski definition) is 2. The normalized spacial score (nSPS) is 24.4. The fraction of sp³-hybridized carbons (Fsp3) is 0.824. The summed E-state index contributed by atoms with van der Waals surface area (Å²) >= 11 is 0. The Morgan fingerprint density at radius 3 is 2.81 bits per heavy atom. The van der Waals surface area contributed by atoms with E-state index in [1.165, 1.54) is 0 Å². The molecule has 0 aliphatic carbocycles. The van der Waals surface area contributed by atoms with E-state index in [0.29, 0.717) is 18.2 Å².